The average Bonchev–Trinajstić information content (AvgIpc) is 1.60. The zero-order valence-electron chi connectivity index (χ0n) is 4.82. The van der Waals surface area contributed by atoms with Gasteiger partial charge in [-0.1, -0.05) is 0 Å². The van der Waals surface area contributed by atoms with E-state index in [1.807, 2.05) is 0 Å². The lowest BCUT2D eigenvalue weighted by atomic mass is 10.6. The SMILES string of the molecule is O=S1(=O)CC[N]C(O)C1. The van der Waals surface area contributed by atoms with Crippen molar-refractivity contribution in [2.75, 3.05) is 18.1 Å². The van der Waals surface area contributed by atoms with Crippen molar-refractivity contribution in [3.63, 3.8) is 0 Å². The molecule has 1 fully saturated rings. The molecule has 1 aliphatic heterocycles. The minimum atomic E-state index is -2.98. The number of rotatable bonds is 0. The lowest BCUT2D eigenvalue weighted by Gasteiger charge is -2.15. The third-order valence-electron chi connectivity index (χ3n) is 1.15. The molecule has 0 aromatic carbocycles. The molecule has 1 saturated heterocycles. The highest BCUT2D eigenvalue weighted by molar-refractivity contribution is 7.91. The van der Waals surface area contributed by atoms with E-state index in [0.717, 1.165) is 0 Å². The highest BCUT2D eigenvalue weighted by atomic mass is 32.2. The zero-order chi connectivity index (χ0) is 6.91. The smallest absolute Gasteiger partial charge is 0.155 e. The minimum Gasteiger partial charge on any atom is -0.376 e. The Balaban J connectivity index is 2.62. The fraction of sp³-hybridized carbons (Fsp3) is 1.00. The third-order valence-corrected chi connectivity index (χ3v) is 2.76. The Kier molecular flexibility index (Phi) is 1.74. The Bertz CT molecular complexity index is 186. The second-order valence-corrected chi connectivity index (χ2v) is 4.23. The summed E-state index contributed by atoms with van der Waals surface area (Å²) in [5.74, 6) is -0.114. The van der Waals surface area contributed by atoms with Crippen LogP contribution in [0.3, 0.4) is 0 Å². The second-order valence-electron chi connectivity index (χ2n) is 2.00. The molecular formula is C4H8NO3S. The van der Waals surface area contributed by atoms with Crippen LogP contribution in [0.5, 0.6) is 0 Å². The van der Waals surface area contributed by atoms with Crippen molar-refractivity contribution < 1.29 is 13.5 Å². The normalized spacial score (nSPS) is 34.1. The van der Waals surface area contributed by atoms with Gasteiger partial charge in [0.1, 0.15) is 6.23 Å². The Morgan fingerprint density at radius 1 is 1.56 bits per heavy atom. The molecule has 9 heavy (non-hydrogen) atoms. The van der Waals surface area contributed by atoms with Gasteiger partial charge in [-0.05, 0) is 0 Å². The van der Waals surface area contributed by atoms with Crippen LogP contribution in [0.4, 0.5) is 0 Å². The number of aliphatic hydroxyl groups is 1. The predicted octanol–water partition coefficient (Wildman–Crippen LogP) is -1.66. The summed E-state index contributed by atoms with van der Waals surface area (Å²) in [6.07, 6.45) is -0.983. The van der Waals surface area contributed by atoms with E-state index in [2.05, 4.69) is 5.32 Å². The summed E-state index contributed by atoms with van der Waals surface area (Å²) in [7, 11) is -2.98. The maximum atomic E-state index is 10.6. The first kappa shape index (κ1) is 6.98. The van der Waals surface area contributed by atoms with Crippen LogP contribution < -0.4 is 5.32 Å². The van der Waals surface area contributed by atoms with Crippen LogP contribution >= 0.6 is 0 Å². The van der Waals surface area contributed by atoms with Crippen molar-refractivity contribution in [1.82, 2.24) is 5.32 Å². The fourth-order valence-corrected chi connectivity index (χ4v) is 1.81. The monoisotopic (exact) mass is 150 g/mol. The average molecular weight is 150 g/mol. The quantitative estimate of drug-likeness (QED) is 0.449. The van der Waals surface area contributed by atoms with Crippen molar-refractivity contribution in [2.24, 2.45) is 0 Å². The van der Waals surface area contributed by atoms with E-state index in [1.54, 1.807) is 0 Å². The summed E-state index contributed by atoms with van der Waals surface area (Å²) in [5.41, 5.74) is 0. The topological polar surface area (TPSA) is 68.5 Å². The summed E-state index contributed by atoms with van der Waals surface area (Å²) >= 11 is 0. The van der Waals surface area contributed by atoms with Crippen LogP contribution in [0, 0.1) is 0 Å². The first-order valence-electron chi connectivity index (χ1n) is 2.65. The standard InChI is InChI=1S/C4H8NO3S/c6-4-3-9(7,8)2-1-5-4/h4,6H,1-3H2. The number of hydrogen-bond donors (Lipinski definition) is 1. The van der Waals surface area contributed by atoms with Gasteiger partial charge < -0.3 is 5.11 Å². The molecule has 0 amide bonds. The molecule has 0 spiro atoms. The molecule has 1 unspecified atom stereocenters. The van der Waals surface area contributed by atoms with Gasteiger partial charge in [-0.15, -0.1) is 0 Å². The number of sulfone groups is 1. The number of nitrogens with zero attached hydrogens (tertiary/aromatic N) is 1. The molecule has 0 aliphatic carbocycles. The highest BCUT2D eigenvalue weighted by Gasteiger charge is 2.22. The van der Waals surface area contributed by atoms with Crippen LogP contribution in [0.2, 0.25) is 0 Å². The molecule has 0 saturated carbocycles. The third kappa shape index (κ3) is 1.92. The summed E-state index contributed by atoms with van der Waals surface area (Å²) in [5, 5.41) is 12.3. The summed E-state index contributed by atoms with van der Waals surface area (Å²) in [6, 6.07) is 0. The van der Waals surface area contributed by atoms with Gasteiger partial charge in [0.25, 0.3) is 0 Å². The minimum absolute atomic E-state index is 0.0874. The van der Waals surface area contributed by atoms with E-state index in [0.29, 0.717) is 0 Å². The fourth-order valence-electron chi connectivity index (χ4n) is 0.704. The van der Waals surface area contributed by atoms with Crippen molar-refractivity contribution in [3.8, 4) is 0 Å². The molecule has 1 atom stereocenters. The van der Waals surface area contributed by atoms with Gasteiger partial charge in [-0.2, -0.15) is 0 Å². The molecule has 53 valence electrons. The molecule has 1 aliphatic rings. The van der Waals surface area contributed by atoms with Crippen molar-refractivity contribution >= 4 is 9.84 Å². The molecule has 0 bridgehead atoms. The molecular weight excluding hydrogens is 142 g/mol. The van der Waals surface area contributed by atoms with Gasteiger partial charge in [0.05, 0.1) is 11.5 Å². The molecule has 4 nitrogen and oxygen atoms in total. The van der Waals surface area contributed by atoms with Crippen LogP contribution in [0.1, 0.15) is 0 Å². The predicted molar refractivity (Wildman–Crippen MR) is 31.7 cm³/mol. The van der Waals surface area contributed by atoms with E-state index in [1.165, 1.54) is 0 Å². The van der Waals surface area contributed by atoms with Crippen LogP contribution in [0.15, 0.2) is 0 Å². The Hall–Kier alpha value is -0.130. The van der Waals surface area contributed by atoms with Gasteiger partial charge >= 0.3 is 0 Å². The largest absolute Gasteiger partial charge is 0.376 e. The second kappa shape index (κ2) is 2.24. The highest BCUT2D eigenvalue weighted by Crippen LogP contribution is 1.98. The van der Waals surface area contributed by atoms with E-state index in [-0.39, 0.29) is 18.1 Å². The summed E-state index contributed by atoms with van der Waals surface area (Å²) in [4.78, 5) is 0. The number of hydrogen-bond acceptors (Lipinski definition) is 3. The lowest BCUT2D eigenvalue weighted by molar-refractivity contribution is 0.153. The molecule has 5 heteroatoms. The molecule has 1 rings (SSSR count). The Morgan fingerprint density at radius 2 is 2.22 bits per heavy atom. The zero-order valence-corrected chi connectivity index (χ0v) is 5.63. The first-order valence-corrected chi connectivity index (χ1v) is 4.47. The van der Waals surface area contributed by atoms with E-state index in [9.17, 15) is 8.42 Å². The van der Waals surface area contributed by atoms with Crippen LogP contribution in [-0.4, -0.2) is 37.8 Å². The van der Waals surface area contributed by atoms with E-state index in [4.69, 9.17) is 5.11 Å². The van der Waals surface area contributed by atoms with Gasteiger partial charge in [0.2, 0.25) is 0 Å². The van der Waals surface area contributed by atoms with Gasteiger partial charge in [0, 0.05) is 6.54 Å². The Labute approximate surface area is 53.8 Å². The van der Waals surface area contributed by atoms with Gasteiger partial charge in [-0.25, -0.2) is 13.7 Å². The molecule has 0 aromatic heterocycles. The van der Waals surface area contributed by atoms with Crippen molar-refractivity contribution in [3.05, 3.63) is 0 Å². The lowest BCUT2D eigenvalue weighted by Crippen LogP contribution is -2.40. The Morgan fingerprint density at radius 3 is 2.56 bits per heavy atom. The van der Waals surface area contributed by atoms with E-state index >= 15 is 0 Å². The summed E-state index contributed by atoms with van der Waals surface area (Å²) < 4.78 is 21.3. The van der Waals surface area contributed by atoms with Crippen LogP contribution in [-0.2, 0) is 9.84 Å². The van der Waals surface area contributed by atoms with Gasteiger partial charge in [0.15, 0.2) is 9.84 Å². The van der Waals surface area contributed by atoms with Crippen LogP contribution in [0.25, 0.3) is 0 Å². The summed E-state index contributed by atoms with van der Waals surface area (Å²) in [6.45, 7) is 0.240. The van der Waals surface area contributed by atoms with Gasteiger partial charge in [-0.3, -0.25) is 0 Å². The molecule has 1 heterocycles. The number of aliphatic hydroxyl groups excluding tert-OH is 1. The first-order chi connectivity index (χ1) is 4.10. The maximum absolute atomic E-state index is 10.6. The maximum Gasteiger partial charge on any atom is 0.155 e. The van der Waals surface area contributed by atoms with Crippen molar-refractivity contribution in [2.45, 2.75) is 6.23 Å². The van der Waals surface area contributed by atoms with Crippen molar-refractivity contribution in [1.29, 1.82) is 0 Å². The molecule has 1 radical (unpaired) electrons. The molecule has 0 aromatic rings. The molecule has 1 N–H and O–H groups in total. The van der Waals surface area contributed by atoms with E-state index < -0.39 is 16.1 Å².